The van der Waals surface area contributed by atoms with Crippen molar-refractivity contribution in [3.63, 3.8) is 0 Å². The van der Waals surface area contributed by atoms with Crippen LogP contribution in [0.15, 0.2) is 28.5 Å². The molecule has 0 atom stereocenters. The zero-order chi connectivity index (χ0) is 19.4. The predicted octanol–water partition coefficient (Wildman–Crippen LogP) is 2.95. The van der Waals surface area contributed by atoms with E-state index in [-0.39, 0.29) is 11.9 Å². The number of amides is 1. The number of rotatable bonds is 6. The maximum Gasteiger partial charge on any atom is 0.249 e. The Balaban J connectivity index is 1.72. The summed E-state index contributed by atoms with van der Waals surface area (Å²) in [6.45, 7) is 3.28. The molecule has 0 aliphatic carbocycles. The molecule has 0 aliphatic rings. The minimum absolute atomic E-state index is 0.173. The first kappa shape index (κ1) is 18.7. The molecule has 0 unspecified atom stereocenters. The maximum absolute atomic E-state index is 11.2. The Morgan fingerprint density at radius 2 is 2.11 bits per heavy atom. The van der Waals surface area contributed by atoms with Gasteiger partial charge in [0.25, 0.3) is 0 Å². The number of nitrogen functional groups attached to an aromatic ring is 1. The number of nitrogens with zero attached hydrogens (tertiary/aromatic N) is 5. The van der Waals surface area contributed by atoms with E-state index in [1.165, 1.54) is 34.3 Å². The van der Waals surface area contributed by atoms with E-state index in [0.717, 1.165) is 21.2 Å². The Morgan fingerprint density at radius 1 is 1.37 bits per heavy atom. The highest BCUT2D eigenvalue weighted by atomic mass is 32.2. The van der Waals surface area contributed by atoms with Crippen molar-refractivity contribution >= 4 is 51.9 Å². The molecule has 0 saturated carbocycles. The fourth-order valence-corrected chi connectivity index (χ4v) is 4.04. The highest BCUT2D eigenvalue weighted by molar-refractivity contribution is 7.99. The van der Waals surface area contributed by atoms with Crippen molar-refractivity contribution < 1.29 is 4.79 Å². The zero-order valence-electron chi connectivity index (χ0n) is 14.6. The molecule has 1 amide bonds. The van der Waals surface area contributed by atoms with Crippen LogP contribution >= 0.6 is 23.3 Å². The summed E-state index contributed by atoms with van der Waals surface area (Å²) in [7, 11) is 0. The second-order valence-corrected chi connectivity index (χ2v) is 7.68. The highest BCUT2D eigenvalue weighted by Crippen LogP contribution is 2.34. The second-order valence-electron chi connectivity index (χ2n) is 5.49. The molecule has 3 rings (SSSR count). The van der Waals surface area contributed by atoms with Crippen LogP contribution in [0.5, 0.6) is 0 Å². The summed E-state index contributed by atoms with van der Waals surface area (Å²) in [5.74, 6) is 0.419. The minimum atomic E-state index is -0.173. The lowest BCUT2D eigenvalue weighted by molar-refractivity contribution is -0.114. The first-order chi connectivity index (χ1) is 12.9. The molecule has 2 aromatic heterocycles. The number of hydrogen-bond acceptors (Lipinski definition) is 9. The molecular formula is C16H16N8OS2. The monoisotopic (exact) mass is 400 g/mol. The van der Waals surface area contributed by atoms with Gasteiger partial charge in [-0.05, 0) is 24.6 Å². The molecule has 9 nitrogen and oxygen atoms in total. The van der Waals surface area contributed by atoms with Gasteiger partial charge >= 0.3 is 0 Å². The van der Waals surface area contributed by atoms with Gasteiger partial charge in [0.05, 0.1) is 18.2 Å². The maximum atomic E-state index is 11.2. The first-order valence-corrected chi connectivity index (χ1v) is 9.42. The van der Waals surface area contributed by atoms with Crippen LogP contribution in [0.3, 0.4) is 0 Å². The van der Waals surface area contributed by atoms with E-state index < -0.39 is 0 Å². The average Bonchev–Trinajstić information content (AvgIpc) is 3.11. The Bertz CT molecular complexity index is 1000. The van der Waals surface area contributed by atoms with E-state index in [0.29, 0.717) is 17.5 Å². The summed E-state index contributed by atoms with van der Waals surface area (Å²) >= 11 is 2.62. The molecule has 0 bridgehead atoms. The molecule has 27 heavy (non-hydrogen) atoms. The number of carbonyl (C=O) groups excluding carboxylic acids is 1. The summed E-state index contributed by atoms with van der Waals surface area (Å²) in [4.78, 5) is 19.7. The van der Waals surface area contributed by atoms with Crippen molar-refractivity contribution in [3.05, 3.63) is 35.5 Å². The summed E-state index contributed by atoms with van der Waals surface area (Å²) in [6, 6.07) is 9.54. The number of hydrogen-bond donors (Lipinski definition) is 3. The van der Waals surface area contributed by atoms with E-state index in [1.807, 2.05) is 31.2 Å². The lowest BCUT2D eigenvalue weighted by atomic mass is 10.1. The fourth-order valence-electron chi connectivity index (χ4n) is 2.11. The largest absolute Gasteiger partial charge is 0.367 e. The lowest BCUT2D eigenvalue weighted by Crippen LogP contribution is -2.04. The van der Waals surface area contributed by atoms with Gasteiger partial charge in [-0.3, -0.25) is 4.79 Å². The van der Waals surface area contributed by atoms with Crippen LogP contribution in [0.2, 0.25) is 0 Å². The Morgan fingerprint density at radius 3 is 2.78 bits per heavy atom. The third-order valence-corrected chi connectivity index (χ3v) is 5.55. The molecule has 0 spiro atoms. The first-order valence-electron chi connectivity index (χ1n) is 7.83. The number of aryl methyl sites for hydroxylation is 1. The molecule has 1 aromatic carbocycles. The molecule has 2 heterocycles. The normalized spacial score (nSPS) is 10.4. The van der Waals surface area contributed by atoms with Gasteiger partial charge in [-0.2, -0.15) is 14.3 Å². The second kappa shape index (κ2) is 8.07. The molecule has 4 N–H and O–H groups in total. The molecular weight excluding hydrogens is 384 g/mol. The SMILES string of the molecule is CC(=O)Nc1nc(C)c(Sn2nc(Nc3ccc(CC#N)cc3)nc2N)s1. The quantitative estimate of drug-likeness (QED) is 0.575. The highest BCUT2D eigenvalue weighted by Gasteiger charge is 2.14. The number of nitrogens with two attached hydrogens (primary N) is 1. The topological polar surface area (TPSA) is 135 Å². The van der Waals surface area contributed by atoms with Crippen molar-refractivity contribution in [2.75, 3.05) is 16.4 Å². The van der Waals surface area contributed by atoms with Crippen LogP contribution in [-0.4, -0.2) is 25.1 Å². The van der Waals surface area contributed by atoms with Gasteiger partial charge in [-0.25, -0.2) is 4.98 Å². The van der Waals surface area contributed by atoms with E-state index in [9.17, 15) is 4.79 Å². The van der Waals surface area contributed by atoms with Gasteiger partial charge in [0.1, 0.15) is 4.21 Å². The van der Waals surface area contributed by atoms with Crippen molar-refractivity contribution in [2.45, 2.75) is 24.5 Å². The van der Waals surface area contributed by atoms with Crippen LogP contribution in [0.4, 0.5) is 22.7 Å². The number of nitrogens with one attached hydrogen (secondary N) is 2. The van der Waals surface area contributed by atoms with E-state index >= 15 is 0 Å². The summed E-state index contributed by atoms with van der Waals surface area (Å²) in [5, 5.41) is 19.3. The smallest absolute Gasteiger partial charge is 0.249 e. The third kappa shape index (κ3) is 4.75. The zero-order valence-corrected chi connectivity index (χ0v) is 16.2. The van der Waals surface area contributed by atoms with Gasteiger partial charge < -0.3 is 16.4 Å². The molecule has 11 heteroatoms. The van der Waals surface area contributed by atoms with Crippen molar-refractivity contribution in [1.29, 1.82) is 5.26 Å². The van der Waals surface area contributed by atoms with Gasteiger partial charge in [0.15, 0.2) is 5.13 Å². The van der Waals surface area contributed by atoms with E-state index in [2.05, 4.69) is 31.8 Å². The summed E-state index contributed by atoms with van der Waals surface area (Å²) in [5.41, 5.74) is 8.45. The van der Waals surface area contributed by atoms with E-state index in [4.69, 9.17) is 11.0 Å². The predicted molar refractivity (Wildman–Crippen MR) is 106 cm³/mol. The minimum Gasteiger partial charge on any atom is -0.367 e. The number of aromatic nitrogens is 4. The molecule has 3 aromatic rings. The molecule has 138 valence electrons. The average molecular weight is 400 g/mol. The lowest BCUT2D eigenvalue weighted by Gasteiger charge is -2.02. The summed E-state index contributed by atoms with van der Waals surface area (Å²) in [6.07, 6.45) is 0.366. The van der Waals surface area contributed by atoms with Crippen LogP contribution in [0.25, 0.3) is 0 Å². The third-order valence-electron chi connectivity index (χ3n) is 3.30. The van der Waals surface area contributed by atoms with E-state index in [1.54, 1.807) is 0 Å². The standard InChI is InChI=1S/C16H16N8OS2/c1-9-13(26-16(19-9)20-10(2)25)27-24-14(18)22-15(23-24)21-12-5-3-11(4-6-12)7-8-17/h3-6H,7H2,1-2H3,(H,19,20,25)(H3,18,21,22,23). The van der Waals surface area contributed by atoms with Crippen LogP contribution < -0.4 is 16.4 Å². The van der Waals surface area contributed by atoms with Gasteiger partial charge in [-0.15, -0.1) is 5.10 Å². The van der Waals surface area contributed by atoms with Gasteiger partial charge in [0, 0.05) is 24.6 Å². The van der Waals surface area contributed by atoms with Crippen LogP contribution in [0.1, 0.15) is 18.2 Å². The van der Waals surface area contributed by atoms with Crippen molar-refractivity contribution in [3.8, 4) is 6.07 Å². The Kier molecular flexibility index (Phi) is 5.58. The van der Waals surface area contributed by atoms with Crippen LogP contribution in [-0.2, 0) is 11.2 Å². The van der Waals surface area contributed by atoms with Gasteiger partial charge in [-0.1, -0.05) is 23.5 Å². The Hall–Kier alpha value is -3.10. The van der Waals surface area contributed by atoms with Crippen LogP contribution in [0, 0.1) is 18.3 Å². The number of thiazole rings is 1. The molecule has 0 aliphatic heterocycles. The molecule has 0 radical (unpaired) electrons. The summed E-state index contributed by atoms with van der Waals surface area (Å²) < 4.78 is 2.34. The number of carbonyl (C=O) groups is 1. The Labute approximate surface area is 163 Å². The van der Waals surface area contributed by atoms with Crippen molar-refractivity contribution in [2.24, 2.45) is 0 Å². The number of nitriles is 1. The van der Waals surface area contributed by atoms with Gasteiger partial charge in [0.2, 0.25) is 17.8 Å². The molecule has 0 fully saturated rings. The molecule has 0 saturated heterocycles. The number of anilines is 4. The fraction of sp³-hybridized carbons (Fsp3) is 0.188. The van der Waals surface area contributed by atoms with Crippen molar-refractivity contribution in [1.82, 2.24) is 19.2 Å². The number of benzene rings is 1.